The number of carboxylic acid groups (broad SMARTS) is 1. The number of nitrogens with zero attached hydrogens (tertiary/aromatic N) is 3. The largest absolute Gasteiger partial charge is 0.465 e. The van der Waals surface area contributed by atoms with Crippen LogP contribution in [-0.4, -0.2) is 45.7 Å². The average molecular weight is 325 g/mol. The zero-order valence-electron chi connectivity index (χ0n) is 12.4. The van der Waals surface area contributed by atoms with Crippen LogP contribution < -0.4 is 5.32 Å². The van der Waals surface area contributed by atoms with Crippen LogP contribution in [0.25, 0.3) is 0 Å². The van der Waals surface area contributed by atoms with Gasteiger partial charge in [0.15, 0.2) is 0 Å². The van der Waals surface area contributed by atoms with Gasteiger partial charge in [-0.25, -0.2) is 14.8 Å². The summed E-state index contributed by atoms with van der Waals surface area (Å²) in [6, 6.07) is 1.47. The third-order valence-corrected chi connectivity index (χ3v) is 5.14. The van der Waals surface area contributed by atoms with E-state index in [1.807, 2.05) is 0 Å². The van der Waals surface area contributed by atoms with Crippen LogP contribution >= 0.6 is 11.6 Å². The van der Waals surface area contributed by atoms with Gasteiger partial charge < -0.3 is 10.4 Å². The third kappa shape index (κ3) is 3.33. The number of amides is 1. The second kappa shape index (κ2) is 6.79. The van der Waals surface area contributed by atoms with Crippen molar-refractivity contribution < 1.29 is 9.90 Å². The first-order valence-corrected chi connectivity index (χ1v) is 8.20. The summed E-state index contributed by atoms with van der Waals surface area (Å²) in [4.78, 5) is 21.2. The molecule has 2 aliphatic rings. The number of halogens is 1. The van der Waals surface area contributed by atoms with E-state index in [1.54, 1.807) is 6.07 Å². The van der Waals surface area contributed by atoms with Gasteiger partial charge >= 0.3 is 6.09 Å². The molecule has 1 aromatic heterocycles. The zero-order chi connectivity index (χ0) is 15.5. The minimum atomic E-state index is -0.886. The smallest absolute Gasteiger partial charge is 0.407 e. The van der Waals surface area contributed by atoms with Crippen molar-refractivity contribution in [3.05, 3.63) is 23.2 Å². The Morgan fingerprint density at radius 2 is 2.05 bits per heavy atom. The van der Waals surface area contributed by atoms with Gasteiger partial charge in [0.2, 0.25) is 0 Å². The quantitative estimate of drug-likeness (QED) is 0.817. The zero-order valence-corrected chi connectivity index (χ0v) is 13.2. The molecule has 22 heavy (non-hydrogen) atoms. The molecule has 0 aromatic carbocycles. The van der Waals surface area contributed by atoms with Crippen LogP contribution in [0.15, 0.2) is 12.4 Å². The van der Waals surface area contributed by atoms with E-state index in [4.69, 9.17) is 11.6 Å². The molecule has 0 bridgehead atoms. The summed E-state index contributed by atoms with van der Waals surface area (Å²) >= 11 is 5.95. The number of piperidine rings is 2. The fourth-order valence-corrected chi connectivity index (χ4v) is 3.93. The topological polar surface area (TPSA) is 78.4 Å². The maximum absolute atomic E-state index is 11.5. The van der Waals surface area contributed by atoms with Gasteiger partial charge in [0, 0.05) is 6.54 Å². The number of aromatic nitrogens is 2. The Kier molecular flexibility index (Phi) is 4.78. The van der Waals surface area contributed by atoms with Crippen LogP contribution in [0.3, 0.4) is 0 Å². The fraction of sp³-hybridized carbons (Fsp3) is 0.667. The van der Waals surface area contributed by atoms with E-state index in [0.717, 1.165) is 25.9 Å². The predicted molar refractivity (Wildman–Crippen MR) is 82.8 cm³/mol. The van der Waals surface area contributed by atoms with Crippen molar-refractivity contribution >= 4 is 17.7 Å². The van der Waals surface area contributed by atoms with Gasteiger partial charge in [0.25, 0.3) is 0 Å². The summed E-state index contributed by atoms with van der Waals surface area (Å²) in [6.07, 6.45) is 4.63. The molecular formula is C15H21ClN4O2. The molecule has 7 heteroatoms. The Morgan fingerprint density at radius 3 is 2.73 bits per heavy atom. The van der Waals surface area contributed by atoms with Crippen molar-refractivity contribution in [2.75, 3.05) is 19.6 Å². The molecule has 0 saturated carbocycles. The first-order chi connectivity index (χ1) is 10.6. The average Bonchev–Trinajstić information content (AvgIpc) is 2.55. The van der Waals surface area contributed by atoms with Gasteiger partial charge in [-0.3, -0.25) is 4.90 Å². The van der Waals surface area contributed by atoms with Crippen molar-refractivity contribution in [1.82, 2.24) is 20.2 Å². The molecule has 1 amide bonds. The molecule has 2 saturated heterocycles. The van der Waals surface area contributed by atoms with Crippen LogP contribution in [0.1, 0.15) is 37.4 Å². The molecule has 1 aromatic rings. The SMILES string of the molecule is O=C(O)N1CCC(C2CCNCC2)C[C@@H]1c1cc(Cl)ncn1. The summed E-state index contributed by atoms with van der Waals surface area (Å²) in [7, 11) is 0. The van der Waals surface area contributed by atoms with Crippen molar-refractivity contribution in [2.24, 2.45) is 11.8 Å². The number of carbonyl (C=O) groups is 1. The standard InChI is InChI=1S/C15H21ClN4O2/c16-14-8-12(18-9-19-14)13-7-11(3-6-20(13)15(21)22)10-1-4-17-5-2-10/h8-11,13,17H,1-7H2,(H,21,22)/t11?,13-/m1/s1. The van der Waals surface area contributed by atoms with Gasteiger partial charge in [-0.15, -0.1) is 0 Å². The van der Waals surface area contributed by atoms with Gasteiger partial charge in [-0.1, -0.05) is 11.6 Å². The summed E-state index contributed by atoms with van der Waals surface area (Å²) in [5, 5.41) is 13.2. The maximum Gasteiger partial charge on any atom is 0.407 e. The molecule has 3 heterocycles. The van der Waals surface area contributed by atoms with Crippen molar-refractivity contribution in [1.29, 1.82) is 0 Å². The van der Waals surface area contributed by atoms with Crippen molar-refractivity contribution in [3.63, 3.8) is 0 Å². The van der Waals surface area contributed by atoms with Gasteiger partial charge in [0.1, 0.15) is 11.5 Å². The summed E-state index contributed by atoms with van der Waals surface area (Å²) in [6.45, 7) is 2.69. The van der Waals surface area contributed by atoms with Gasteiger partial charge in [0.05, 0.1) is 11.7 Å². The number of rotatable bonds is 2. The minimum Gasteiger partial charge on any atom is -0.465 e. The highest BCUT2D eigenvalue weighted by atomic mass is 35.5. The number of hydrogen-bond donors (Lipinski definition) is 2. The molecule has 1 unspecified atom stereocenters. The molecule has 0 radical (unpaired) electrons. The van der Waals surface area contributed by atoms with E-state index in [1.165, 1.54) is 24.1 Å². The summed E-state index contributed by atoms with van der Waals surface area (Å²) < 4.78 is 0. The Balaban J connectivity index is 1.80. The summed E-state index contributed by atoms with van der Waals surface area (Å²) in [5.74, 6) is 1.23. The molecule has 2 aliphatic heterocycles. The molecular weight excluding hydrogens is 304 g/mol. The second-order valence-electron chi connectivity index (χ2n) is 6.13. The van der Waals surface area contributed by atoms with Crippen LogP contribution in [-0.2, 0) is 0 Å². The Morgan fingerprint density at radius 1 is 1.27 bits per heavy atom. The molecule has 120 valence electrons. The molecule has 6 nitrogen and oxygen atoms in total. The predicted octanol–water partition coefficient (Wildman–Crippen LogP) is 2.56. The third-order valence-electron chi connectivity index (χ3n) is 4.94. The van der Waals surface area contributed by atoms with E-state index in [-0.39, 0.29) is 6.04 Å². The minimum absolute atomic E-state index is 0.216. The Hall–Kier alpha value is -1.40. The first-order valence-electron chi connectivity index (χ1n) is 7.83. The summed E-state index contributed by atoms with van der Waals surface area (Å²) in [5.41, 5.74) is 0.709. The normalized spacial score (nSPS) is 26.9. The monoisotopic (exact) mass is 324 g/mol. The molecule has 2 fully saturated rings. The Bertz CT molecular complexity index is 536. The van der Waals surface area contributed by atoms with Crippen LogP contribution in [0.5, 0.6) is 0 Å². The number of nitrogens with one attached hydrogen (secondary N) is 1. The van der Waals surface area contributed by atoms with E-state index >= 15 is 0 Å². The maximum atomic E-state index is 11.5. The van der Waals surface area contributed by atoms with Gasteiger partial charge in [-0.2, -0.15) is 0 Å². The second-order valence-corrected chi connectivity index (χ2v) is 6.52. The van der Waals surface area contributed by atoms with E-state index in [2.05, 4.69) is 15.3 Å². The molecule has 2 atom stereocenters. The lowest BCUT2D eigenvalue weighted by atomic mass is 9.76. The lowest BCUT2D eigenvalue weighted by Gasteiger charge is -2.41. The number of likely N-dealkylation sites (tertiary alicyclic amines) is 1. The van der Waals surface area contributed by atoms with Gasteiger partial charge in [-0.05, 0) is 56.7 Å². The highest BCUT2D eigenvalue weighted by Crippen LogP contribution is 2.39. The van der Waals surface area contributed by atoms with Crippen LogP contribution in [0.4, 0.5) is 4.79 Å². The molecule has 0 aliphatic carbocycles. The van der Waals surface area contributed by atoms with E-state index in [9.17, 15) is 9.90 Å². The molecule has 0 spiro atoms. The van der Waals surface area contributed by atoms with E-state index < -0.39 is 6.09 Å². The van der Waals surface area contributed by atoms with Crippen molar-refractivity contribution in [2.45, 2.75) is 31.7 Å². The lowest BCUT2D eigenvalue weighted by Crippen LogP contribution is -2.43. The lowest BCUT2D eigenvalue weighted by molar-refractivity contribution is 0.0671. The Labute approximate surface area is 134 Å². The van der Waals surface area contributed by atoms with E-state index in [0.29, 0.717) is 29.2 Å². The highest BCUT2D eigenvalue weighted by molar-refractivity contribution is 6.29. The molecule has 2 N–H and O–H groups in total. The molecule has 3 rings (SSSR count). The first kappa shape index (κ1) is 15.5. The fourth-order valence-electron chi connectivity index (χ4n) is 3.78. The van der Waals surface area contributed by atoms with Crippen molar-refractivity contribution in [3.8, 4) is 0 Å². The number of hydrogen-bond acceptors (Lipinski definition) is 4. The van der Waals surface area contributed by atoms with Crippen LogP contribution in [0.2, 0.25) is 5.15 Å². The van der Waals surface area contributed by atoms with Crippen LogP contribution in [0, 0.1) is 11.8 Å². The highest BCUT2D eigenvalue weighted by Gasteiger charge is 2.37.